The number of ether oxygens (including phenoxy) is 1. The summed E-state index contributed by atoms with van der Waals surface area (Å²) in [7, 11) is -2.40. The number of unbranched alkanes of at least 4 members (excludes halogenated alkanes) is 1. The summed E-state index contributed by atoms with van der Waals surface area (Å²) in [6, 6.07) is 13.0. The Morgan fingerprint density at radius 2 is 1.94 bits per heavy atom. The maximum atomic E-state index is 13.4. The third-order valence-corrected chi connectivity index (χ3v) is 6.77. The number of para-hydroxylation sites is 2. The van der Waals surface area contributed by atoms with Gasteiger partial charge in [-0.05, 0) is 50.5 Å². The number of nitrogens with one attached hydrogen (secondary N) is 1. The number of pyridine rings is 1. The van der Waals surface area contributed by atoms with Crippen molar-refractivity contribution in [3.8, 4) is 5.75 Å². The largest absolute Gasteiger partial charge is 0.506 e. The second-order valence-corrected chi connectivity index (χ2v) is 9.24. The van der Waals surface area contributed by atoms with Crippen LogP contribution in [0.3, 0.4) is 0 Å². The van der Waals surface area contributed by atoms with Gasteiger partial charge < -0.3 is 15.2 Å². The van der Waals surface area contributed by atoms with Gasteiger partial charge in [0.05, 0.1) is 17.3 Å². The Labute approximate surface area is 191 Å². The number of rotatable bonds is 7. The summed E-state index contributed by atoms with van der Waals surface area (Å²) in [5.74, 6) is -0.614. The fraction of sp³-hybridized carbons (Fsp3) is 0.261. The summed E-state index contributed by atoms with van der Waals surface area (Å²) >= 11 is 0. The highest BCUT2D eigenvalue weighted by Gasteiger charge is 2.29. The normalized spacial score (nSPS) is 15.8. The van der Waals surface area contributed by atoms with Gasteiger partial charge in [0.25, 0.3) is 15.6 Å². The number of aromatic hydroxyl groups is 1. The summed E-state index contributed by atoms with van der Waals surface area (Å²) in [5.41, 5.74) is -0.285. The molecule has 172 valence electrons. The highest BCUT2D eigenvalue weighted by atomic mass is 32.2. The van der Waals surface area contributed by atoms with E-state index < -0.39 is 15.6 Å². The molecule has 0 spiro atoms. The molecule has 1 unspecified atom stereocenters. The van der Waals surface area contributed by atoms with E-state index in [0.29, 0.717) is 17.3 Å². The van der Waals surface area contributed by atoms with Crippen molar-refractivity contribution in [2.24, 2.45) is 9.50 Å². The van der Waals surface area contributed by atoms with Gasteiger partial charge in [-0.3, -0.25) is 4.79 Å². The van der Waals surface area contributed by atoms with Crippen LogP contribution in [0.15, 0.2) is 67.7 Å². The number of aromatic nitrogens is 1. The Morgan fingerprint density at radius 3 is 2.73 bits per heavy atom. The minimum Gasteiger partial charge on any atom is -0.506 e. The molecule has 0 aliphatic carbocycles. The lowest BCUT2D eigenvalue weighted by atomic mass is 10.1. The number of methoxy groups -OCH3 is 1. The molecule has 3 aromatic rings. The zero-order chi connectivity index (χ0) is 23.6. The van der Waals surface area contributed by atoms with Gasteiger partial charge >= 0.3 is 0 Å². The van der Waals surface area contributed by atoms with Crippen molar-refractivity contribution >= 4 is 38.7 Å². The molecule has 4 rings (SSSR count). The second-order valence-electron chi connectivity index (χ2n) is 7.67. The predicted molar refractivity (Wildman–Crippen MR) is 128 cm³/mol. The minimum atomic E-state index is -4.06. The van der Waals surface area contributed by atoms with Crippen molar-refractivity contribution in [3.63, 3.8) is 0 Å². The van der Waals surface area contributed by atoms with Crippen LogP contribution in [0.25, 0.3) is 10.9 Å². The zero-order valence-corrected chi connectivity index (χ0v) is 19.0. The van der Waals surface area contributed by atoms with Crippen LogP contribution in [0.1, 0.15) is 31.7 Å². The number of hydrogen-bond acceptors (Lipinski definition) is 7. The lowest BCUT2D eigenvalue weighted by Gasteiger charge is -2.19. The van der Waals surface area contributed by atoms with Gasteiger partial charge in [-0.1, -0.05) is 24.3 Å². The van der Waals surface area contributed by atoms with E-state index in [0.717, 1.165) is 17.5 Å². The number of hydrogen-bond donors (Lipinski definition) is 2. The van der Waals surface area contributed by atoms with E-state index in [2.05, 4.69) is 14.8 Å². The summed E-state index contributed by atoms with van der Waals surface area (Å²) in [6.07, 6.45) is 4.03. The van der Waals surface area contributed by atoms with E-state index >= 15 is 0 Å². The molecular weight excluding hydrogens is 444 g/mol. The zero-order valence-electron chi connectivity index (χ0n) is 18.2. The van der Waals surface area contributed by atoms with Crippen LogP contribution in [0.4, 0.5) is 5.69 Å². The van der Waals surface area contributed by atoms with Gasteiger partial charge in [0.1, 0.15) is 16.2 Å². The molecule has 1 aliphatic rings. The highest BCUT2D eigenvalue weighted by Crippen LogP contribution is 2.32. The first-order valence-corrected chi connectivity index (χ1v) is 11.9. The molecule has 0 amide bonds. The highest BCUT2D eigenvalue weighted by molar-refractivity contribution is 7.90. The van der Waals surface area contributed by atoms with Gasteiger partial charge in [0.15, 0.2) is 5.84 Å². The van der Waals surface area contributed by atoms with Crippen LogP contribution in [0.2, 0.25) is 0 Å². The SMILES string of the molecule is COC(C)CCCC=Nn1c(=O)c(C2=NS(=O)(=O)c3ccccc3N2)c(O)c2ccccc21. The minimum absolute atomic E-state index is 0.00216. The quantitative estimate of drug-likeness (QED) is 0.405. The number of fused-ring (bicyclic) bond motifs is 2. The smallest absolute Gasteiger partial charge is 0.286 e. The van der Waals surface area contributed by atoms with Gasteiger partial charge in [-0.15, -0.1) is 4.40 Å². The molecule has 2 heterocycles. The molecule has 10 heteroatoms. The molecule has 2 aromatic carbocycles. The Bertz CT molecular complexity index is 1430. The molecule has 0 bridgehead atoms. The van der Waals surface area contributed by atoms with Crippen LogP contribution in [0, 0.1) is 0 Å². The Morgan fingerprint density at radius 1 is 1.21 bits per heavy atom. The van der Waals surface area contributed by atoms with Gasteiger partial charge in [-0.25, -0.2) is 0 Å². The van der Waals surface area contributed by atoms with Crippen molar-refractivity contribution in [1.29, 1.82) is 0 Å². The summed E-state index contributed by atoms with van der Waals surface area (Å²) in [4.78, 5) is 13.4. The molecule has 9 nitrogen and oxygen atoms in total. The predicted octanol–water partition coefficient (Wildman–Crippen LogP) is 3.31. The Hall–Kier alpha value is -3.50. The number of sulfonamides is 1. The first-order chi connectivity index (χ1) is 15.8. The Kier molecular flexibility index (Phi) is 6.30. The van der Waals surface area contributed by atoms with Crippen LogP contribution in [-0.4, -0.2) is 43.5 Å². The van der Waals surface area contributed by atoms with E-state index in [9.17, 15) is 18.3 Å². The molecule has 33 heavy (non-hydrogen) atoms. The monoisotopic (exact) mass is 468 g/mol. The molecule has 0 radical (unpaired) electrons. The molecule has 1 aliphatic heterocycles. The van der Waals surface area contributed by atoms with Gasteiger partial charge in [-0.2, -0.15) is 18.2 Å². The maximum absolute atomic E-state index is 13.4. The van der Waals surface area contributed by atoms with Crippen LogP contribution in [-0.2, 0) is 14.8 Å². The van der Waals surface area contributed by atoms with E-state index in [-0.39, 0.29) is 33.8 Å². The third kappa shape index (κ3) is 4.39. The first-order valence-electron chi connectivity index (χ1n) is 10.5. The van der Waals surface area contributed by atoms with E-state index in [1.54, 1.807) is 55.8 Å². The van der Waals surface area contributed by atoms with Crippen molar-refractivity contribution < 1.29 is 18.3 Å². The molecule has 0 fully saturated rings. The molecule has 0 saturated heterocycles. The number of amidine groups is 1. The fourth-order valence-corrected chi connectivity index (χ4v) is 4.74. The van der Waals surface area contributed by atoms with Crippen LogP contribution >= 0.6 is 0 Å². The molecule has 1 aromatic heterocycles. The summed E-state index contributed by atoms with van der Waals surface area (Å²) in [6.45, 7) is 1.98. The lowest BCUT2D eigenvalue weighted by molar-refractivity contribution is 0.109. The number of benzene rings is 2. The molecule has 1 atom stereocenters. The van der Waals surface area contributed by atoms with Crippen molar-refractivity contribution in [1.82, 2.24) is 4.68 Å². The molecular formula is C23H24N4O5S. The van der Waals surface area contributed by atoms with Crippen molar-refractivity contribution in [2.45, 2.75) is 37.2 Å². The average Bonchev–Trinajstić information content (AvgIpc) is 2.80. The summed E-state index contributed by atoms with van der Waals surface area (Å²) < 4.78 is 35.5. The van der Waals surface area contributed by atoms with E-state index in [4.69, 9.17) is 4.74 Å². The van der Waals surface area contributed by atoms with E-state index in [1.165, 1.54) is 6.07 Å². The summed E-state index contributed by atoms with van der Waals surface area (Å²) in [5, 5.41) is 18.5. The Balaban J connectivity index is 1.81. The maximum Gasteiger partial charge on any atom is 0.286 e. The van der Waals surface area contributed by atoms with Gasteiger partial charge in [0.2, 0.25) is 0 Å². The molecule has 2 N–H and O–H groups in total. The second kappa shape index (κ2) is 9.16. The van der Waals surface area contributed by atoms with Crippen molar-refractivity contribution in [2.75, 3.05) is 12.4 Å². The third-order valence-electron chi connectivity index (χ3n) is 5.44. The topological polar surface area (TPSA) is 122 Å². The van der Waals surface area contributed by atoms with Crippen LogP contribution in [0.5, 0.6) is 5.75 Å². The van der Waals surface area contributed by atoms with E-state index in [1.807, 2.05) is 6.92 Å². The number of anilines is 1. The fourth-order valence-electron chi connectivity index (χ4n) is 3.61. The van der Waals surface area contributed by atoms with Gasteiger partial charge in [0, 0.05) is 18.7 Å². The molecule has 0 saturated carbocycles. The number of nitrogens with zero attached hydrogens (tertiary/aromatic N) is 3. The first kappa shape index (κ1) is 22.7. The van der Waals surface area contributed by atoms with Crippen molar-refractivity contribution in [3.05, 3.63) is 64.4 Å². The standard InChI is InChI=1S/C23H24N4O5S/c1-15(32-2)9-7-8-14-24-27-18-12-5-3-10-16(18)21(28)20(23(27)29)22-25-17-11-4-6-13-19(17)33(30,31)26-22/h3-6,10-15,28H,7-9H2,1-2H3,(H,25,26). The lowest BCUT2D eigenvalue weighted by Crippen LogP contribution is -2.31. The average molecular weight is 469 g/mol. The van der Waals surface area contributed by atoms with Crippen LogP contribution < -0.4 is 10.9 Å².